The first kappa shape index (κ1) is 15.2. The highest BCUT2D eigenvalue weighted by atomic mass is 35.5. The Kier molecular flexibility index (Phi) is 4.00. The number of aromatic nitrogens is 2. The lowest BCUT2D eigenvalue weighted by Gasteiger charge is -2.14. The number of benzene rings is 1. The standard InChI is InChI=1S/C19H15ClN2OS/c1-13(15-6-2-3-7-16(15)20)23-14-10-18(24-12-14)17-11-21-19-8-4-5-9-22(17)19/h2-13H,1H3. The molecule has 0 aliphatic heterocycles. The van der Waals surface area contributed by atoms with Crippen LogP contribution in [-0.4, -0.2) is 9.38 Å². The minimum Gasteiger partial charge on any atom is -0.485 e. The molecule has 0 spiro atoms. The number of thiophene rings is 1. The normalized spacial score (nSPS) is 12.4. The molecule has 0 aliphatic carbocycles. The van der Waals surface area contributed by atoms with Crippen molar-refractivity contribution in [3.63, 3.8) is 0 Å². The van der Waals surface area contributed by atoms with Crippen LogP contribution in [0.15, 0.2) is 66.3 Å². The summed E-state index contributed by atoms with van der Waals surface area (Å²) in [7, 11) is 0. The van der Waals surface area contributed by atoms with Crippen LogP contribution < -0.4 is 4.74 Å². The van der Waals surface area contributed by atoms with Gasteiger partial charge < -0.3 is 4.74 Å². The molecule has 4 rings (SSSR count). The van der Waals surface area contributed by atoms with Crippen LogP contribution in [0.2, 0.25) is 5.02 Å². The van der Waals surface area contributed by atoms with Gasteiger partial charge in [0.2, 0.25) is 0 Å². The van der Waals surface area contributed by atoms with Crippen LogP contribution in [0.5, 0.6) is 5.75 Å². The molecule has 0 radical (unpaired) electrons. The molecule has 0 amide bonds. The van der Waals surface area contributed by atoms with Gasteiger partial charge in [0.05, 0.1) is 16.8 Å². The minimum atomic E-state index is -0.108. The number of hydrogen-bond acceptors (Lipinski definition) is 3. The molecule has 3 nitrogen and oxygen atoms in total. The summed E-state index contributed by atoms with van der Waals surface area (Å²) < 4.78 is 8.14. The van der Waals surface area contributed by atoms with Crippen molar-refractivity contribution >= 4 is 28.6 Å². The van der Waals surface area contributed by atoms with E-state index in [0.29, 0.717) is 0 Å². The Morgan fingerprint density at radius 3 is 2.88 bits per heavy atom. The molecule has 0 aliphatic rings. The van der Waals surface area contributed by atoms with Crippen LogP contribution in [0.25, 0.3) is 16.2 Å². The Bertz CT molecular complexity index is 992. The molecule has 5 heteroatoms. The van der Waals surface area contributed by atoms with Gasteiger partial charge in [-0.15, -0.1) is 11.3 Å². The summed E-state index contributed by atoms with van der Waals surface area (Å²) in [5, 5.41) is 2.74. The maximum Gasteiger partial charge on any atom is 0.137 e. The molecule has 24 heavy (non-hydrogen) atoms. The fraction of sp³-hybridized carbons (Fsp3) is 0.105. The molecule has 0 N–H and O–H groups in total. The third kappa shape index (κ3) is 2.79. The summed E-state index contributed by atoms with van der Waals surface area (Å²) in [5.74, 6) is 0.841. The van der Waals surface area contributed by atoms with Crippen molar-refractivity contribution < 1.29 is 4.74 Å². The molecule has 120 valence electrons. The molecule has 1 atom stereocenters. The monoisotopic (exact) mass is 354 g/mol. The van der Waals surface area contributed by atoms with Gasteiger partial charge in [0.25, 0.3) is 0 Å². The van der Waals surface area contributed by atoms with Gasteiger partial charge in [0.15, 0.2) is 0 Å². The van der Waals surface area contributed by atoms with Crippen molar-refractivity contribution in [2.75, 3.05) is 0 Å². The largest absolute Gasteiger partial charge is 0.485 e. The summed E-state index contributed by atoms with van der Waals surface area (Å²) >= 11 is 7.89. The van der Waals surface area contributed by atoms with Crippen molar-refractivity contribution in [1.82, 2.24) is 9.38 Å². The SMILES string of the molecule is CC(Oc1csc(-c2cnc3ccccn23)c1)c1ccccc1Cl. The molecule has 0 fully saturated rings. The smallest absolute Gasteiger partial charge is 0.137 e. The van der Waals surface area contributed by atoms with Crippen molar-refractivity contribution in [1.29, 1.82) is 0 Å². The van der Waals surface area contributed by atoms with E-state index >= 15 is 0 Å². The first-order chi connectivity index (χ1) is 11.7. The number of fused-ring (bicyclic) bond motifs is 1. The van der Waals surface area contributed by atoms with Crippen molar-refractivity contribution in [3.05, 3.63) is 76.9 Å². The highest BCUT2D eigenvalue weighted by Crippen LogP contribution is 2.34. The summed E-state index contributed by atoms with van der Waals surface area (Å²) in [4.78, 5) is 5.56. The van der Waals surface area contributed by atoms with Crippen molar-refractivity contribution in [2.24, 2.45) is 0 Å². The van der Waals surface area contributed by atoms with Gasteiger partial charge in [-0.2, -0.15) is 0 Å². The number of pyridine rings is 1. The second kappa shape index (κ2) is 6.30. The predicted octanol–water partition coefficient (Wildman–Crippen LogP) is 5.86. The van der Waals surface area contributed by atoms with E-state index in [9.17, 15) is 0 Å². The third-order valence-electron chi connectivity index (χ3n) is 3.90. The molecule has 0 saturated carbocycles. The number of hydrogen-bond donors (Lipinski definition) is 0. The quantitative estimate of drug-likeness (QED) is 0.459. The molecule has 1 unspecified atom stereocenters. The van der Waals surface area contributed by atoms with E-state index in [1.807, 2.05) is 67.2 Å². The zero-order valence-electron chi connectivity index (χ0n) is 13.0. The van der Waals surface area contributed by atoms with E-state index < -0.39 is 0 Å². The fourth-order valence-corrected chi connectivity index (χ4v) is 3.81. The van der Waals surface area contributed by atoms with Gasteiger partial charge in [-0.1, -0.05) is 35.9 Å². The first-order valence-electron chi connectivity index (χ1n) is 7.64. The van der Waals surface area contributed by atoms with Crippen LogP contribution in [0, 0.1) is 0 Å². The predicted molar refractivity (Wildman–Crippen MR) is 99.0 cm³/mol. The second-order valence-electron chi connectivity index (χ2n) is 5.50. The number of imidazole rings is 1. The second-order valence-corrected chi connectivity index (χ2v) is 6.82. The van der Waals surface area contributed by atoms with Crippen LogP contribution in [-0.2, 0) is 0 Å². The summed E-state index contributed by atoms with van der Waals surface area (Å²) in [6.07, 6.45) is 3.80. The highest BCUT2D eigenvalue weighted by molar-refractivity contribution is 7.13. The van der Waals surface area contributed by atoms with E-state index in [1.165, 1.54) is 0 Å². The van der Waals surface area contributed by atoms with Gasteiger partial charge in [-0.05, 0) is 25.1 Å². The molecule has 3 aromatic heterocycles. The molecule has 4 aromatic rings. The lowest BCUT2D eigenvalue weighted by atomic mass is 10.1. The zero-order valence-corrected chi connectivity index (χ0v) is 14.6. The maximum absolute atomic E-state index is 6.25. The van der Waals surface area contributed by atoms with E-state index in [-0.39, 0.29) is 6.10 Å². The zero-order chi connectivity index (χ0) is 16.5. The van der Waals surface area contributed by atoms with E-state index in [2.05, 4.69) is 15.5 Å². The fourth-order valence-electron chi connectivity index (χ4n) is 2.70. The molecule has 0 saturated heterocycles. The Hall–Kier alpha value is -2.30. The molecule has 0 bridgehead atoms. The van der Waals surface area contributed by atoms with Crippen LogP contribution >= 0.6 is 22.9 Å². The number of nitrogens with zero attached hydrogens (tertiary/aromatic N) is 2. The van der Waals surface area contributed by atoms with Crippen molar-refractivity contribution in [3.8, 4) is 16.3 Å². The summed E-state index contributed by atoms with van der Waals surface area (Å²) in [6.45, 7) is 2.01. The number of halogens is 1. The molecular formula is C19H15ClN2OS. The number of rotatable bonds is 4. The summed E-state index contributed by atoms with van der Waals surface area (Å²) in [5.41, 5.74) is 2.99. The molecule has 1 aromatic carbocycles. The highest BCUT2D eigenvalue weighted by Gasteiger charge is 2.13. The average Bonchev–Trinajstić information content (AvgIpc) is 3.21. The molecule has 3 heterocycles. The van der Waals surface area contributed by atoms with E-state index in [4.69, 9.17) is 16.3 Å². The van der Waals surface area contributed by atoms with Gasteiger partial charge >= 0.3 is 0 Å². The van der Waals surface area contributed by atoms with E-state index in [0.717, 1.165) is 32.6 Å². The Balaban J connectivity index is 1.60. The van der Waals surface area contributed by atoms with Gasteiger partial charge in [0, 0.05) is 28.2 Å². The van der Waals surface area contributed by atoms with Crippen LogP contribution in [0.1, 0.15) is 18.6 Å². The Morgan fingerprint density at radius 2 is 2.00 bits per heavy atom. The Labute approximate surface area is 149 Å². The lowest BCUT2D eigenvalue weighted by Crippen LogP contribution is -2.02. The summed E-state index contributed by atoms with van der Waals surface area (Å²) in [6, 6.07) is 15.8. The lowest BCUT2D eigenvalue weighted by molar-refractivity contribution is 0.228. The van der Waals surface area contributed by atoms with Crippen molar-refractivity contribution in [2.45, 2.75) is 13.0 Å². The van der Waals surface area contributed by atoms with Crippen LogP contribution in [0.3, 0.4) is 0 Å². The Morgan fingerprint density at radius 1 is 1.17 bits per heavy atom. The van der Waals surface area contributed by atoms with E-state index in [1.54, 1.807) is 11.3 Å². The number of ether oxygens (including phenoxy) is 1. The first-order valence-corrected chi connectivity index (χ1v) is 8.90. The third-order valence-corrected chi connectivity index (χ3v) is 5.18. The van der Waals surface area contributed by atoms with Gasteiger partial charge in [0.1, 0.15) is 17.5 Å². The molecular weight excluding hydrogens is 340 g/mol. The maximum atomic E-state index is 6.25. The minimum absolute atomic E-state index is 0.108. The average molecular weight is 355 g/mol. The topological polar surface area (TPSA) is 26.5 Å². The van der Waals surface area contributed by atoms with Gasteiger partial charge in [-0.3, -0.25) is 4.40 Å². The van der Waals surface area contributed by atoms with Gasteiger partial charge in [-0.25, -0.2) is 4.98 Å². The van der Waals surface area contributed by atoms with Crippen LogP contribution in [0.4, 0.5) is 0 Å².